The number of hydrogen-bond acceptors (Lipinski definition) is 4. The van der Waals surface area contributed by atoms with Gasteiger partial charge >= 0.3 is 5.91 Å². The van der Waals surface area contributed by atoms with Crippen molar-refractivity contribution in [3.63, 3.8) is 0 Å². The summed E-state index contributed by atoms with van der Waals surface area (Å²) in [6.45, 7) is 1.78. The summed E-state index contributed by atoms with van der Waals surface area (Å²) < 4.78 is 10.9. The van der Waals surface area contributed by atoms with Crippen molar-refractivity contribution in [2.75, 3.05) is 0 Å². The fraction of sp³-hybridized carbons (Fsp3) is 0.0526. The van der Waals surface area contributed by atoms with Crippen LogP contribution < -0.4 is 5.43 Å². The van der Waals surface area contributed by atoms with Crippen molar-refractivity contribution in [1.82, 2.24) is 5.43 Å². The molecule has 0 unspecified atom stereocenters. The van der Waals surface area contributed by atoms with E-state index in [4.69, 9.17) is 8.83 Å². The van der Waals surface area contributed by atoms with Gasteiger partial charge in [-0.25, -0.2) is 5.43 Å². The second-order valence-corrected chi connectivity index (χ2v) is 5.42. The summed E-state index contributed by atoms with van der Waals surface area (Å²) in [5.41, 5.74) is 3.83. The van der Waals surface area contributed by atoms with E-state index in [2.05, 4.69) is 22.7 Å². The number of nitrogens with one attached hydrogen (secondary N) is 1. The van der Waals surface area contributed by atoms with Crippen LogP contribution in [0.5, 0.6) is 0 Å². The van der Waals surface area contributed by atoms with Gasteiger partial charge in [-0.15, -0.1) is 0 Å². The molecule has 2 heterocycles. The van der Waals surface area contributed by atoms with Crippen LogP contribution in [0.3, 0.4) is 0 Å². The minimum atomic E-state index is -0.402. The molecule has 5 nitrogen and oxygen atoms in total. The zero-order chi connectivity index (χ0) is 16.5. The normalized spacial score (nSPS) is 12.0. The molecule has 0 spiro atoms. The molecule has 2 aromatic heterocycles. The minimum absolute atomic E-state index is 0.210. The van der Waals surface area contributed by atoms with Crippen molar-refractivity contribution in [1.29, 1.82) is 0 Å². The Morgan fingerprint density at radius 3 is 2.71 bits per heavy atom. The number of nitrogens with zero attached hydrogens (tertiary/aromatic N) is 1. The highest BCUT2D eigenvalue weighted by Gasteiger charge is 2.11. The van der Waals surface area contributed by atoms with Crippen molar-refractivity contribution in [3.05, 3.63) is 72.4 Å². The van der Waals surface area contributed by atoms with Gasteiger partial charge in [0.2, 0.25) is 0 Å². The standard InChI is InChI=1S/C19H14N2O3/c1-12(20-21-19(22)17-7-4-10-23-17)18-11-15-14-6-3-2-5-13(14)8-9-16(15)24-18/h2-11H,1H3,(H,21,22)/b20-12-. The van der Waals surface area contributed by atoms with Crippen molar-refractivity contribution in [2.24, 2.45) is 5.10 Å². The number of fused-ring (bicyclic) bond motifs is 3. The van der Waals surface area contributed by atoms with Crippen LogP contribution in [0.1, 0.15) is 23.2 Å². The van der Waals surface area contributed by atoms with E-state index < -0.39 is 5.91 Å². The molecule has 0 radical (unpaired) electrons. The van der Waals surface area contributed by atoms with Crippen LogP contribution in [0.4, 0.5) is 0 Å². The molecule has 1 N–H and O–H groups in total. The van der Waals surface area contributed by atoms with E-state index in [0.717, 1.165) is 21.7 Å². The van der Waals surface area contributed by atoms with Crippen LogP contribution in [-0.2, 0) is 0 Å². The lowest BCUT2D eigenvalue weighted by atomic mass is 10.1. The Bertz CT molecular complexity index is 1060. The Labute approximate surface area is 137 Å². The summed E-state index contributed by atoms with van der Waals surface area (Å²) in [5.74, 6) is 0.421. The predicted octanol–water partition coefficient (Wildman–Crippen LogP) is 4.33. The van der Waals surface area contributed by atoms with Gasteiger partial charge in [0.25, 0.3) is 0 Å². The lowest BCUT2D eigenvalue weighted by molar-refractivity contribution is 0.0927. The third-order valence-corrected chi connectivity index (χ3v) is 3.85. The summed E-state index contributed by atoms with van der Waals surface area (Å²) in [6.07, 6.45) is 1.44. The first-order valence-electron chi connectivity index (χ1n) is 7.52. The highest BCUT2D eigenvalue weighted by molar-refractivity contribution is 6.09. The predicted molar refractivity (Wildman–Crippen MR) is 92.1 cm³/mol. The molecule has 0 saturated heterocycles. The van der Waals surface area contributed by atoms with E-state index in [-0.39, 0.29) is 5.76 Å². The second-order valence-electron chi connectivity index (χ2n) is 5.42. The number of rotatable bonds is 3. The maximum atomic E-state index is 11.8. The molecule has 4 rings (SSSR count). The van der Waals surface area contributed by atoms with Crippen LogP contribution >= 0.6 is 0 Å². The summed E-state index contributed by atoms with van der Waals surface area (Å²) in [4.78, 5) is 11.8. The molecular weight excluding hydrogens is 304 g/mol. The van der Waals surface area contributed by atoms with Crippen LogP contribution in [0.2, 0.25) is 0 Å². The maximum absolute atomic E-state index is 11.8. The Hall–Kier alpha value is -3.34. The van der Waals surface area contributed by atoms with Gasteiger partial charge in [-0.2, -0.15) is 5.10 Å². The van der Waals surface area contributed by atoms with Crippen molar-refractivity contribution in [2.45, 2.75) is 6.92 Å². The Morgan fingerprint density at radius 2 is 1.88 bits per heavy atom. The quantitative estimate of drug-likeness (QED) is 0.451. The molecule has 0 bridgehead atoms. The largest absolute Gasteiger partial charge is 0.459 e. The molecule has 1 amide bonds. The van der Waals surface area contributed by atoms with Gasteiger partial charge in [-0.3, -0.25) is 4.79 Å². The van der Waals surface area contributed by atoms with E-state index >= 15 is 0 Å². The van der Waals surface area contributed by atoms with Crippen LogP contribution in [0, 0.1) is 0 Å². The summed E-state index contributed by atoms with van der Waals surface area (Å²) in [5, 5.41) is 7.39. The number of benzene rings is 2. The molecule has 0 saturated carbocycles. The highest BCUT2D eigenvalue weighted by atomic mass is 16.3. The molecule has 4 aromatic rings. The Morgan fingerprint density at radius 1 is 1.00 bits per heavy atom. The number of hydrazone groups is 1. The lowest BCUT2D eigenvalue weighted by Gasteiger charge is -1.97. The van der Waals surface area contributed by atoms with Gasteiger partial charge in [0, 0.05) is 5.39 Å². The smallest absolute Gasteiger partial charge is 0.307 e. The van der Waals surface area contributed by atoms with E-state index in [1.54, 1.807) is 19.1 Å². The molecule has 0 aliphatic carbocycles. The van der Waals surface area contributed by atoms with Gasteiger partial charge < -0.3 is 8.83 Å². The van der Waals surface area contributed by atoms with E-state index in [1.165, 1.54) is 6.26 Å². The molecule has 5 heteroatoms. The summed E-state index contributed by atoms with van der Waals surface area (Å²) >= 11 is 0. The number of carbonyl (C=O) groups excluding carboxylic acids is 1. The molecule has 24 heavy (non-hydrogen) atoms. The van der Waals surface area contributed by atoms with Gasteiger partial charge in [-0.1, -0.05) is 30.3 Å². The van der Waals surface area contributed by atoms with Crippen LogP contribution in [0.25, 0.3) is 21.7 Å². The van der Waals surface area contributed by atoms with Crippen molar-refractivity contribution in [3.8, 4) is 0 Å². The van der Waals surface area contributed by atoms with E-state index in [0.29, 0.717) is 11.5 Å². The number of hydrogen-bond donors (Lipinski definition) is 1. The van der Waals surface area contributed by atoms with Crippen molar-refractivity contribution < 1.29 is 13.6 Å². The fourth-order valence-electron chi connectivity index (χ4n) is 2.62. The molecule has 0 aliphatic heterocycles. The van der Waals surface area contributed by atoms with Gasteiger partial charge in [0.15, 0.2) is 11.5 Å². The van der Waals surface area contributed by atoms with Gasteiger partial charge in [-0.05, 0) is 42.0 Å². The summed E-state index contributed by atoms with van der Waals surface area (Å²) in [6, 6.07) is 17.3. The van der Waals surface area contributed by atoms with E-state index in [1.807, 2.05) is 30.3 Å². The third kappa shape index (κ3) is 2.46. The monoisotopic (exact) mass is 318 g/mol. The average molecular weight is 318 g/mol. The number of furan rings is 2. The molecule has 2 aromatic carbocycles. The van der Waals surface area contributed by atoms with Crippen molar-refractivity contribution >= 4 is 33.4 Å². The molecule has 0 atom stereocenters. The topological polar surface area (TPSA) is 67.7 Å². The minimum Gasteiger partial charge on any atom is -0.459 e. The average Bonchev–Trinajstić information content (AvgIpc) is 3.28. The summed E-state index contributed by atoms with van der Waals surface area (Å²) in [7, 11) is 0. The molecule has 118 valence electrons. The number of amides is 1. The molecule has 0 fully saturated rings. The second kappa shape index (κ2) is 5.70. The highest BCUT2D eigenvalue weighted by Crippen LogP contribution is 2.28. The Balaban J connectivity index is 1.67. The lowest BCUT2D eigenvalue weighted by Crippen LogP contribution is -2.18. The first-order valence-corrected chi connectivity index (χ1v) is 7.52. The molecule has 0 aliphatic rings. The number of carbonyl (C=O) groups is 1. The fourth-order valence-corrected chi connectivity index (χ4v) is 2.62. The van der Waals surface area contributed by atoms with Crippen LogP contribution in [0.15, 0.2) is 74.8 Å². The first-order chi connectivity index (χ1) is 11.7. The zero-order valence-corrected chi connectivity index (χ0v) is 12.9. The zero-order valence-electron chi connectivity index (χ0n) is 12.9. The first kappa shape index (κ1) is 14.3. The Kier molecular flexibility index (Phi) is 3.39. The third-order valence-electron chi connectivity index (χ3n) is 3.85. The maximum Gasteiger partial charge on any atom is 0.307 e. The molecular formula is C19H14N2O3. The van der Waals surface area contributed by atoms with Gasteiger partial charge in [0.1, 0.15) is 11.3 Å². The SMILES string of the molecule is C/C(=N/NC(=O)c1ccco1)c1cc2c(ccc3ccccc32)o1. The van der Waals surface area contributed by atoms with Crippen LogP contribution in [-0.4, -0.2) is 11.6 Å². The van der Waals surface area contributed by atoms with E-state index in [9.17, 15) is 4.79 Å². The van der Waals surface area contributed by atoms with Gasteiger partial charge in [0.05, 0.1) is 6.26 Å².